The Balaban J connectivity index is 1.47. The zero-order valence-electron chi connectivity index (χ0n) is 16.4. The van der Waals surface area contributed by atoms with Gasteiger partial charge in [0, 0.05) is 11.6 Å². The van der Waals surface area contributed by atoms with Crippen LogP contribution in [0.15, 0.2) is 84.9 Å². The van der Waals surface area contributed by atoms with Crippen molar-refractivity contribution in [3.05, 3.63) is 102 Å². The van der Waals surface area contributed by atoms with Crippen LogP contribution in [0.5, 0.6) is 0 Å². The van der Waals surface area contributed by atoms with E-state index in [1.54, 1.807) is 18.2 Å². The number of carbonyl (C=O) groups is 2. The average molecular weight is 416 g/mol. The van der Waals surface area contributed by atoms with Crippen molar-refractivity contribution in [1.29, 1.82) is 0 Å². The molecule has 0 unspecified atom stereocenters. The van der Waals surface area contributed by atoms with Gasteiger partial charge in [-0.3, -0.25) is 25.8 Å². The fourth-order valence-electron chi connectivity index (χ4n) is 2.66. The number of hydrogen-bond acceptors (Lipinski definition) is 3. The van der Waals surface area contributed by atoms with E-state index in [1.807, 2.05) is 73.7 Å². The van der Waals surface area contributed by atoms with Crippen LogP contribution >= 0.6 is 12.2 Å². The predicted octanol–water partition coefficient (Wildman–Crippen LogP) is 4.01. The SMILES string of the molecule is Cc1ccc(/C=C/C(=O)NC(=S)NNC(=O)c2ccc(-c3ccccc3)cc2)cc1. The van der Waals surface area contributed by atoms with Crippen LogP contribution in [0.25, 0.3) is 17.2 Å². The number of hydrogen-bond donors (Lipinski definition) is 3. The van der Waals surface area contributed by atoms with E-state index in [4.69, 9.17) is 12.2 Å². The molecule has 3 rings (SSSR count). The van der Waals surface area contributed by atoms with Crippen molar-refractivity contribution in [3.8, 4) is 11.1 Å². The molecule has 0 radical (unpaired) electrons. The molecule has 0 aromatic heterocycles. The smallest absolute Gasteiger partial charge is 0.269 e. The normalized spacial score (nSPS) is 10.4. The molecule has 0 saturated heterocycles. The van der Waals surface area contributed by atoms with Gasteiger partial charge >= 0.3 is 0 Å². The van der Waals surface area contributed by atoms with E-state index < -0.39 is 5.91 Å². The van der Waals surface area contributed by atoms with Gasteiger partial charge in [0.25, 0.3) is 5.91 Å². The molecule has 0 aliphatic rings. The third-order valence-corrected chi connectivity index (χ3v) is 4.49. The van der Waals surface area contributed by atoms with Crippen molar-refractivity contribution in [1.82, 2.24) is 16.2 Å². The number of nitrogens with one attached hydrogen (secondary N) is 3. The molecular formula is C24H21N3O2S. The van der Waals surface area contributed by atoms with Crippen molar-refractivity contribution in [2.24, 2.45) is 0 Å². The summed E-state index contributed by atoms with van der Waals surface area (Å²) in [5.74, 6) is -0.754. The molecule has 0 atom stereocenters. The van der Waals surface area contributed by atoms with E-state index in [-0.39, 0.29) is 11.0 Å². The van der Waals surface area contributed by atoms with E-state index >= 15 is 0 Å². The Kier molecular flexibility index (Phi) is 7.08. The van der Waals surface area contributed by atoms with Gasteiger partial charge in [-0.2, -0.15) is 0 Å². The van der Waals surface area contributed by atoms with Gasteiger partial charge in [0.05, 0.1) is 0 Å². The van der Waals surface area contributed by atoms with Gasteiger partial charge in [0.1, 0.15) is 0 Å². The lowest BCUT2D eigenvalue weighted by atomic mass is 10.0. The minimum Gasteiger partial charge on any atom is -0.298 e. The van der Waals surface area contributed by atoms with Gasteiger partial charge in [0.2, 0.25) is 5.91 Å². The first-order valence-electron chi connectivity index (χ1n) is 9.33. The van der Waals surface area contributed by atoms with E-state index in [9.17, 15) is 9.59 Å². The highest BCUT2D eigenvalue weighted by Crippen LogP contribution is 2.19. The summed E-state index contributed by atoms with van der Waals surface area (Å²) in [6, 6.07) is 24.9. The quantitative estimate of drug-likeness (QED) is 0.342. The van der Waals surface area contributed by atoms with Gasteiger partial charge in [-0.25, -0.2) is 0 Å². The fourth-order valence-corrected chi connectivity index (χ4v) is 2.82. The first-order valence-corrected chi connectivity index (χ1v) is 9.73. The molecule has 150 valence electrons. The Hall–Kier alpha value is -3.77. The molecule has 3 aromatic carbocycles. The Bertz CT molecular complexity index is 1060. The van der Waals surface area contributed by atoms with Crippen molar-refractivity contribution in [2.75, 3.05) is 0 Å². The molecule has 0 heterocycles. The molecule has 30 heavy (non-hydrogen) atoms. The summed E-state index contributed by atoms with van der Waals surface area (Å²) in [4.78, 5) is 24.2. The van der Waals surface area contributed by atoms with Gasteiger partial charge in [-0.1, -0.05) is 72.3 Å². The van der Waals surface area contributed by atoms with Crippen LogP contribution in [0.2, 0.25) is 0 Å². The minimum atomic E-state index is -0.394. The van der Waals surface area contributed by atoms with Crippen LogP contribution in [0.4, 0.5) is 0 Å². The van der Waals surface area contributed by atoms with Gasteiger partial charge in [0.15, 0.2) is 5.11 Å². The lowest BCUT2D eigenvalue weighted by Crippen LogP contribution is -2.48. The summed E-state index contributed by atoms with van der Waals surface area (Å²) >= 11 is 5.04. The van der Waals surface area contributed by atoms with E-state index in [0.29, 0.717) is 5.56 Å². The molecule has 5 nitrogen and oxygen atoms in total. The molecule has 0 spiro atoms. The summed E-state index contributed by atoms with van der Waals surface area (Å²) in [7, 11) is 0. The Morgan fingerprint density at radius 3 is 2.10 bits per heavy atom. The van der Waals surface area contributed by atoms with Crippen LogP contribution in [0.1, 0.15) is 21.5 Å². The zero-order valence-corrected chi connectivity index (χ0v) is 17.2. The van der Waals surface area contributed by atoms with Crippen LogP contribution in [-0.4, -0.2) is 16.9 Å². The van der Waals surface area contributed by atoms with E-state index in [0.717, 1.165) is 22.3 Å². The summed E-state index contributed by atoms with van der Waals surface area (Å²) in [5, 5.41) is 2.48. The Morgan fingerprint density at radius 1 is 0.800 bits per heavy atom. The van der Waals surface area contributed by atoms with Crippen molar-refractivity contribution < 1.29 is 9.59 Å². The largest absolute Gasteiger partial charge is 0.298 e. The van der Waals surface area contributed by atoms with Crippen LogP contribution in [0, 0.1) is 6.92 Å². The van der Waals surface area contributed by atoms with Gasteiger partial charge in [-0.15, -0.1) is 0 Å². The second-order valence-corrected chi connectivity index (χ2v) is 6.99. The van der Waals surface area contributed by atoms with Crippen LogP contribution < -0.4 is 16.2 Å². The maximum absolute atomic E-state index is 12.3. The Labute approximate surface area is 180 Å². The number of amides is 2. The number of benzene rings is 3. The lowest BCUT2D eigenvalue weighted by molar-refractivity contribution is -0.115. The second-order valence-electron chi connectivity index (χ2n) is 6.58. The van der Waals surface area contributed by atoms with E-state index in [1.165, 1.54) is 6.08 Å². The third-order valence-electron chi connectivity index (χ3n) is 4.29. The first-order chi connectivity index (χ1) is 14.5. The van der Waals surface area contributed by atoms with Gasteiger partial charge in [-0.05, 0) is 54.0 Å². The zero-order chi connectivity index (χ0) is 21.3. The first kappa shape index (κ1) is 21.0. The van der Waals surface area contributed by atoms with Crippen molar-refractivity contribution >= 4 is 35.2 Å². The molecule has 0 aliphatic heterocycles. The molecule has 2 amide bonds. The summed E-state index contributed by atoms with van der Waals surface area (Å²) < 4.78 is 0. The number of aryl methyl sites for hydroxylation is 1. The summed E-state index contributed by atoms with van der Waals surface area (Å²) in [6.45, 7) is 2.00. The number of hydrazine groups is 1. The molecule has 0 bridgehead atoms. The molecule has 0 fully saturated rings. The second kappa shape index (κ2) is 10.1. The standard InChI is InChI=1S/C24H21N3O2S/c1-17-7-9-18(10-8-17)11-16-22(28)25-24(30)27-26-23(29)21-14-12-20(13-15-21)19-5-3-2-4-6-19/h2-16H,1H3,(H,26,29)(H2,25,27,28,30)/b16-11+. The van der Waals surface area contributed by atoms with Crippen LogP contribution in [0.3, 0.4) is 0 Å². The minimum absolute atomic E-state index is 0.00260. The van der Waals surface area contributed by atoms with Crippen molar-refractivity contribution in [3.63, 3.8) is 0 Å². The maximum Gasteiger partial charge on any atom is 0.269 e. The molecule has 3 aromatic rings. The highest BCUT2D eigenvalue weighted by molar-refractivity contribution is 7.80. The highest BCUT2D eigenvalue weighted by atomic mass is 32.1. The maximum atomic E-state index is 12.3. The van der Waals surface area contributed by atoms with Gasteiger partial charge < -0.3 is 0 Å². The number of thiocarbonyl (C=S) groups is 1. The molecule has 0 saturated carbocycles. The average Bonchev–Trinajstić information content (AvgIpc) is 2.78. The van der Waals surface area contributed by atoms with Crippen LogP contribution in [-0.2, 0) is 4.79 Å². The summed E-state index contributed by atoms with van der Waals surface area (Å²) in [5.41, 5.74) is 9.61. The molecule has 0 aliphatic carbocycles. The van der Waals surface area contributed by atoms with E-state index in [2.05, 4.69) is 16.2 Å². The Morgan fingerprint density at radius 2 is 1.43 bits per heavy atom. The fraction of sp³-hybridized carbons (Fsp3) is 0.0417. The molecular weight excluding hydrogens is 394 g/mol. The number of carbonyl (C=O) groups excluding carboxylic acids is 2. The number of rotatable bonds is 4. The summed E-state index contributed by atoms with van der Waals surface area (Å²) in [6.07, 6.45) is 3.06. The molecule has 3 N–H and O–H groups in total. The van der Waals surface area contributed by atoms with Crippen molar-refractivity contribution in [2.45, 2.75) is 6.92 Å². The predicted molar refractivity (Wildman–Crippen MR) is 123 cm³/mol. The monoisotopic (exact) mass is 415 g/mol. The third kappa shape index (κ3) is 6.12. The molecule has 6 heteroatoms. The lowest BCUT2D eigenvalue weighted by Gasteiger charge is -2.10. The topological polar surface area (TPSA) is 70.2 Å². The highest BCUT2D eigenvalue weighted by Gasteiger charge is 2.07.